The smallest absolute Gasteiger partial charge is 0.231 e. The summed E-state index contributed by atoms with van der Waals surface area (Å²) < 4.78 is 0. The second-order valence-corrected chi connectivity index (χ2v) is 4.98. The third-order valence-electron chi connectivity index (χ3n) is 2.86. The molecular formula is C13H20ClN3O. The fourth-order valence-corrected chi connectivity index (χ4v) is 2.21. The van der Waals surface area contributed by atoms with Crippen LogP contribution < -0.4 is 11.5 Å². The van der Waals surface area contributed by atoms with E-state index in [4.69, 9.17) is 23.1 Å². The number of carbonyl (C=O) groups excluding carboxylic acids is 1. The molecule has 1 amide bonds. The summed E-state index contributed by atoms with van der Waals surface area (Å²) in [4.78, 5) is 13.1. The maximum Gasteiger partial charge on any atom is 0.231 e. The van der Waals surface area contributed by atoms with Crippen LogP contribution in [-0.4, -0.2) is 29.9 Å². The van der Waals surface area contributed by atoms with Gasteiger partial charge in [-0.2, -0.15) is 0 Å². The summed E-state index contributed by atoms with van der Waals surface area (Å²) >= 11 is 5.98. The van der Waals surface area contributed by atoms with Gasteiger partial charge >= 0.3 is 0 Å². The number of amides is 1. The third-order valence-corrected chi connectivity index (χ3v) is 3.09. The largest absolute Gasteiger partial charge is 0.369 e. The minimum atomic E-state index is -0.357. The highest BCUT2D eigenvalue weighted by molar-refractivity contribution is 6.30. The van der Waals surface area contributed by atoms with Crippen LogP contribution >= 0.6 is 11.6 Å². The van der Waals surface area contributed by atoms with Gasteiger partial charge in [0, 0.05) is 23.7 Å². The molecule has 0 heterocycles. The quantitative estimate of drug-likeness (QED) is 0.823. The van der Waals surface area contributed by atoms with Crippen LogP contribution in [0.5, 0.6) is 0 Å². The molecule has 0 aliphatic rings. The van der Waals surface area contributed by atoms with Crippen molar-refractivity contribution in [3.05, 3.63) is 34.9 Å². The first kappa shape index (κ1) is 15.0. The lowest BCUT2D eigenvalue weighted by Gasteiger charge is -2.33. The number of carbonyl (C=O) groups is 1. The zero-order valence-corrected chi connectivity index (χ0v) is 11.5. The number of halogens is 1. The summed E-state index contributed by atoms with van der Waals surface area (Å²) in [5.74, 6) is -0.357. The van der Waals surface area contributed by atoms with E-state index in [1.54, 1.807) is 0 Å². The van der Waals surface area contributed by atoms with Crippen LogP contribution in [0.15, 0.2) is 24.3 Å². The standard InChI is InChI=1S/C13H20ClN3O/c1-9(2)17(8-13(16)18)12(7-15)10-4-3-5-11(14)6-10/h3-6,9,12H,7-8,15H2,1-2H3,(H2,16,18). The molecule has 0 fully saturated rings. The van der Waals surface area contributed by atoms with E-state index in [1.807, 2.05) is 43.0 Å². The van der Waals surface area contributed by atoms with Gasteiger partial charge in [0.05, 0.1) is 6.54 Å². The number of benzene rings is 1. The van der Waals surface area contributed by atoms with E-state index < -0.39 is 0 Å². The van der Waals surface area contributed by atoms with Gasteiger partial charge < -0.3 is 11.5 Å². The summed E-state index contributed by atoms with van der Waals surface area (Å²) in [5.41, 5.74) is 12.1. The molecule has 100 valence electrons. The maximum absolute atomic E-state index is 11.1. The Labute approximate surface area is 113 Å². The zero-order chi connectivity index (χ0) is 13.7. The van der Waals surface area contributed by atoms with Gasteiger partial charge in [-0.15, -0.1) is 0 Å². The minimum Gasteiger partial charge on any atom is -0.369 e. The lowest BCUT2D eigenvalue weighted by Crippen LogP contribution is -2.43. The molecule has 1 atom stereocenters. The van der Waals surface area contributed by atoms with Crippen molar-refractivity contribution in [3.63, 3.8) is 0 Å². The van der Waals surface area contributed by atoms with E-state index >= 15 is 0 Å². The van der Waals surface area contributed by atoms with E-state index in [0.29, 0.717) is 11.6 Å². The van der Waals surface area contributed by atoms with Gasteiger partial charge in [-0.3, -0.25) is 9.69 Å². The molecule has 0 aliphatic heterocycles. The molecule has 0 saturated carbocycles. The molecule has 0 radical (unpaired) electrons. The number of primary amides is 1. The van der Waals surface area contributed by atoms with Gasteiger partial charge in [-0.1, -0.05) is 23.7 Å². The van der Waals surface area contributed by atoms with Crippen molar-refractivity contribution in [1.29, 1.82) is 0 Å². The first-order chi connectivity index (χ1) is 8.45. The molecule has 4 nitrogen and oxygen atoms in total. The van der Waals surface area contributed by atoms with Crippen LogP contribution in [0.25, 0.3) is 0 Å². The first-order valence-corrected chi connectivity index (χ1v) is 6.33. The van der Waals surface area contributed by atoms with Crippen molar-refractivity contribution in [1.82, 2.24) is 4.90 Å². The average Bonchev–Trinajstić information content (AvgIpc) is 2.28. The van der Waals surface area contributed by atoms with Crippen molar-refractivity contribution < 1.29 is 4.79 Å². The Morgan fingerprint density at radius 3 is 2.56 bits per heavy atom. The van der Waals surface area contributed by atoms with Crippen LogP contribution in [0.1, 0.15) is 25.5 Å². The van der Waals surface area contributed by atoms with E-state index in [0.717, 1.165) is 5.56 Å². The predicted octanol–water partition coefficient (Wildman–Crippen LogP) is 1.54. The molecule has 0 aromatic heterocycles. The van der Waals surface area contributed by atoms with Crippen LogP contribution in [-0.2, 0) is 4.79 Å². The molecule has 0 spiro atoms. The van der Waals surface area contributed by atoms with Crippen molar-refractivity contribution in [2.24, 2.45) is 11.5 Å². The molecule has 1 aromatic rings. The third kappa shape index (κ3) is 3.98. The molecule has 1 aromatic carbocycles. The van der Waals surface area contributed by atoms with E-state index in [2.05, 4.69) is 0 Å². The Bertz CT molecular complexity index is 409. The SMILES string of the molecule is CC(C)N(CC(N)=O)C(CN)c1cccc(Cl)c1. The Balaban J connectivity index is 3.01. The molecule has 1 unspecified atom stereocenters. The molecule has 4 N–H and O–H groups in total. The second-order valence-electron chi connectivity index (χ2n) is 4.54. The highest BCUT2D eigenvalue weighted by Gasteiger charge is 2.23. The van der Waals surface area contributed by atoms with Crippen LogP contribution in [0.3, 0.4) is 0 Å². The van der Waals surface area contributed by atoms with E-state index in [9.17, 15) is 4.79 Å². The second kappa shape index (κ2) is 6.73. The Hall–Kier alpha value is -1.10. The molecular weight excluding hydrogens is 250 g/mol. The molecule has 0 bridgehead atoms. The van der Waals surface area contributed by atoms with Gasteiger partial charge in [0.15, 0.2) is 0 Å². The van der Waals surface area contributed by atoms with Gasteiger partial charge in [0.25, 0.3) is 0 Å². The number of nitrogens with zero attached hydrogens (tertiary/aromatic N) is 1. The summed E-state index contributed by atoms with van der Waals surface area (Å²) in [7, 11) is 0. The van der Waals surface area contributed by atoms with Crippen LogP contribution in [0.4, 0.5) is 0 Å². The van der Waals surface area contributed by atoms with Gasteiger partial charge in [-0.25, -0.2) is 0 Å². The summed E-state index contributed by atoms with van der Waals surface area (Å²) in [5, 5.41) is 0.661. The van der Waals surface area contributed by atoms with Crippen LogP contribution in [0, 0.1) is 0 Å². The fourth-order valence-electron chi connectivity index (χ4n) is 2.01. The monoisotopic (exact) mass is 269 g/mol. The number of rotatable bonds is 6. The lowest BCUT2D eigenvalue weighted by atomic mass is 10.0. The summed E-state index contributed by atoms with van der Waals surface area (Å²) in [6.07, 6.45) is 0. The Morgan fingerprint density at radius 1 is 1.44 bits per heavy atom. The average molecular weight is 270 g/mol. The van der Waals surface area contributed by atoms with Crippen molar-refractivity contribution in [2.75, 3.05) is 13.1 Å². The maximum atomic E-state index is 11.1. The highest BCUT2D eigenvalue weighted by Crippen LogP contribution is 2.24. The fraction of sp³-hybridized carbons (Fsp3) is 0.462. The Morgan fingerprint density at radius 2 is 2.11 bits per heavy atom. The van der Waals surface area contributed by atoms with Gasteiger partial charge in [0.1, 0.15) is 0 Å². The van der Waals surface area contributed by atoms with Crippen molar-refractivity contribution >= 4 is 17.5 Å². The molecule has 0 saturated heterocycles. The molecule has 18 heavy (non-hydrogen) atoms. The van der Waals surface area contributed by atoms with E-state index in [1.165, 1.54) is 0 Å². The van der Waals surface area contributed by atoms with Crippen molar-refractivity contribution in [2.45, 2.75) is 25.9 Å². The number of hydrogen-bond acceptors (Lipinski definition) is 3. The minimum absolute atomic E-state index is 0.0591. The predicted molar refractivity (Wildman–Crippen MR) is 74.3 cm³/mol. The van der Waals surface area contributed by atoms with Gasteiger partial charge in [-0.05, 0) is 31.5 Å². The summed E-state index contributed by atoms with van der Waals surface area (Å²) in [6.45, 7) is 4.62. The molecule has 0 aliphatic carbocycles. The molecule has 5 heteroatoms. The van der Waals surface area contributed by atoms with Crippen LogP contribution in [0.2, 0.25) is 5.02 Å². The van der Waals surface area contributed by atoms with Gasteiger partial charge in [0.2, 0.25) is 5.91 Å². The lowest BCUT2D eigenvalue weighted by molar-refractivity contribution is -0.120. The summed E-state index contributed by atoms with van der Waals surface area (Å²) in [6, 6.07) is 7.63. The topological polar surface area (TPSA) is 72.3 Å². The van der Waals surface area contributed by atoms with Crippen molar-refractivity contribution in [3.8, 4) is 0 Å². The van der Waals surface area contributed by atoms with E-state index in [-0.39, 0.29) is 24.5 Å². The normalized spacial score (nSPS) is 13.0. The zero-order valence-electron chi connectivity index (χ0n) is 10.8. The number of nitrogens with two attached hydrogens (primary N) is 2. The number of hydrogen-bond donors (Lipinski definition) is 2. The molecule has 1 rings (SSSR count). The Kier molecular flexibility index (Phi) is 5.59. The highest BCUT2D eigenvalue weighted by atomic mass is 35.5. The first-order valence-electron chi connectivity index (χ1n) is 5.95.